The second-order valence-corrected chi connectivity index (χ2v) is 8.99. The Morgan fingerprint density at radius 3 is 2.58 bits per heavy atom. The molecular weight excluding hydrogens is 505 g/mol. The normalized spacial score (nSPS) is 11.6. The van der Waals surface area contributed by atoms with Gasteiger partial charge in [0.25, 0.3) is 5.91 Å². The molecule has 11 heteroatoms. The minimum absolute atomic E-state index is 0.0679. The van der Waals surface area contributed by atoms with Crippen LogP contribution in [0.3, 0.4) is 0 Å². The van der Waals surface area contributed by atoms with E-state index in [0.717, 1.165) is 0 Å². The van der Waals surface area contributed by atoms with E-state index in [-0.39, 0.29) is 22.6 Å². The molecule has 0 radical (unpaired) electrons. The predicted octanol–water partition coefficient (Wildman–Crippen LogP) is 5.65. The first-order chi connectivity index (χ1) is 15.8. The van der Waals surface area contributed by atoms with Crippen LogP contribution in [0.15, 0.2) is 60.3 Å². The van der Waals surface area contributed by atoms with Gasteiger partial charge in [-0.15, -0.1) is 16.8 Å². The van der Waals surface area contributed by atoms with Crippen LogP contribution in [0.1, 0.15) is 29.1 Å². The molecule has 2 N–H and O–H groups in total. The molecule has 0 aliphatic heterocycles. The summed E-state index contributed by atoms with van der Waals surface area (Å²) in [6, 6.07) is 11.3. The lowest BCUT2D eigenvalue weighted by Crippen LogP contribution is -2.29. The van der Waals surface area contributed by atoms with Crippen molar-refractivity contribution in [2.75, 3.05) is 11.1 Å². The maximum Gasteiger partial charge on any atom is 0.253 e. The fourth-order valence-corrected chi connectivity index (χ4v) is 4.25. The van der Waals surface area contributed by atoms with Gasteiger partial charge in [-0.1, -0.05) is 70.8 Å². The lowest BCUT2D eigenvalue weighted by molar-refractivity contribution is -0.113. The fourth-order valence-electron chi connectivity index (χ4n) is 2.93. The molecule has 0 bridgehead atoms. The fraction of sp³-hybridized carbons (Fsp3) is 0.182. The molecular formula is C22H20Cl3N5O2S. The predicted molar refractivity (Wildman–Crippen MR) is 133 cm³/mol. The van der Waals surface area contributed by atoms with Gasteiger partial charge in [-0.25, -0.2) is 0 Å². The van der Waals surface area contributed by atoms with E-state index in [4.69, 9.17) is 34.8 Å². The Morgan fingerprint density at radius 2 is 1.85 bits per heavy atom. The molecule has 33 heavy (non-hydrogen) atoms. The summed E-state index contributed by atoms with van der Waals surface area (Å²) in [6.45, 7) is 5.96. The van der Waals surface area contributed by atoms with Crippen LogP contribution >= 0.6 is 46.6 Å². The van der Waals surface area contributed by atoms with E-state index in [1.165, 1.54) is 11.8 Å². The number of aromatic nitrogens is 3. The summed E-state index contributed by atoms with van der Waals surface area (Å²) < 4.78 is 1.79. The van der Waals surface area contributed by atoms with Gasteiger partial charge in [-0.2, -0.15) is 0 Å². The number of hydrogen-bond acceptors (Lipinski definition) is 5. The van der Waals surface area contributed by atoms with Crippen LogP contribution in [0.2, 0.25) is 15.1 Å². The smallest absolute Gasteiger partial charge is 0.253 e. The number of carbonyl (C=O) groups excluding carboxylic acids is 2. The van der Waals surface area contributed by atoms with Crippen molar-refractivity contribution in [3.05, 3.63) is 81.6 Å². The molecule has 1 heterocycles. The molecule has 0 saturated heterocycles. The van der Waals surface area contributed by atoms with E-state index in [1.54, 1.807) is 60.0 Å². The standard InChI is InChI=1S/C22H20Cl3N5O2S/c1-3-11-30-20(13(2)26-21(32)14-7-4-5-8-15(14)23)28-29-22(30)33-12-18(31)27-17-10-6-9-16(24)19(17)25/h3-10,13H,1,11-12H2,2H3,(H,26,32)(H,27,31)/t13-/m0/s1. The number of carbonyl (C=O) groups is 2. The van der Waals surface area contributed by atoms with Crippen LogP contribution in [0.4, 0.5) is 5.69 Å². The molecule has 0 aliphatic carbocycles. The Kier molecular flexibility index (Phi) is 8.80. The summed E-state index contributed by atoms with van der Waals surface area (Å²) in [5, 5.41) is 15.5. The third-order valence-electron chi connectivity index (χ3n) is 4.47. The van der Waals surface area contributed by atoms with Crippen LogP contribution in [0, 0.1) is 0 Å². The van der Waals surface area contributed by atoms with E-state index in [2.05, 4.69) is 27.4 Å². The number of nitrogens with one attached hydrogen (secondary N) is 2. The Morgan fingerprint density at radius 1 is 1.12 bits per heavy atom. The first-order valence-electron chi connectivity index (χ1n) is 9.77. The number of halogens is 3. The molecule has 1 aromatic heterocycles. The second kappa shape index (κ2) is 11.6. The molecule has 1 atom stereocenters. The van der Waals surface area contributed by atoms with E-state index in [0.29, 0.717) is 38.8 Å². The summed E-state index contributed by atoms with van der Waals surface area (Å²) >= 11 is 19.4. The summed E-state index contributed by atoms with van der Waals surface area (Å²) in [4.78, 5) is 25.0. The van der Waals surface area contributed by atoms with Gasteiger partial charge in [0.2, 0.25) is 5.91 Å². The van der Waals surface area contributed by atoms with E-state index >= 15 is 0 Å². The van der Waals surface area contributed by atoms with E-state index < -0.39 is 6.04 Å². The maximum atomic E-state index is 12.6. The highest BCUT2D eigenvalue weighted by molar-refractivity contribution is 7.99. The minimum Gasteiger partial charge on any atom is -0.342 e. The zero-order valence-corrected chi connectivity index (χ0v) is 20.6. The van der Waals surface area contributed by atoms with Crippen molar-refractivity contribution in [1.29, 1.82) is 0 Å². The lowest BCUT2D eigenvalue weighted by atomic mass is 10.2. The molecule has 172 valence electrons. The highest BCUT2D eigenvalue weighted by Gasteiger charge is 2.21. The monoisotopic (exact) mass is 523 g/mol. The quantitative estimate of drug-likeness (QED) is 0.279. The Balaban J connectivity index is 1.69. The van der Waals surface area contributed by atoms with Crippen LogP contribution in [-0.4, -0.2) is 32.3 Å². The number of nitrogens with zero attached hydrogens (tertiary/aromatic N) is 3. The number of amides is 2. The molecule has 0 fully saturated rings. The van der Waals surface area contributed by atoms with E-state index in [1.807, 2.05) is 0 Å². The first kappa shape index (κ1) is 25.1. The van der Waals surface area contributed by atoms with Crippen molar-refractivity contribution >= 4 is 64.1 Å². The number of benzene rings is 2. The number of thioether (sulfide) groups is 1. The highest BCUT2D eigenvalue weighted by atomic mass is 35.5. The molecule has 2 aromatic carbocycles. The van der Waals surface area contributed by atoms with Gasteiger partial charge in [0.1, 0.15) is 0 Å². The zero-order valence-electron chi connectivity index (χ0n) is 17.5. The molecule has 3 aromatic rings. The lowest BCUT2D eigenvalue weighted by Gasteiger charge is -2.15. The average molecular weight is 525 g/mol. The molecule has 0 saturated carbocycles. The topological polar surface area (TPSA) is 88.9 Å². The van der Waals surface area contributed by atoms with Crippen LogP contribution in [0.25, 0.3) is 0 Å². The number of hydrogen-bond donors (Lipinski definition) is 2. The molecule has 0 spiro atoms. The van der Waals surface area contributed by atoms with Gasteiger partial charge in [-0.05, 0) is 31.2 Å². The maximum absolute atomic E-state index is 12.6. The Hall–Kier alpha value is -2.52. The number of allylic oxidation sites excluding steroid dienone is 1. The SMILES string of the molecule is C=CCn1c(SCC(=O)Nc2cccc(Cl)c2Cl)nnc1[C@H](C)NC(=O)c1ccccc1Cl. The van der Waals surface area contributed by atoms with Gasteiger partial charge in [-0.3, -0.25) is 9.59 Å². The summed E-state index contributed by atoms with van der Waals surface area (Å²) in [5.74, 6) is -0.0124. The van der Waals surface area contributed by atoms with Crippen LogP contribution in [-0.2, 0) is 11.3 Å². The molecule has 0 aliphatic rings. The summed E-state index contributed by atoms with van der Waals surface area (Å²) in [6.07, 6.45) is 1.69. The van der Waals surface area contributed by atoms with Gasteiger partial charge < -0.3 is 15.2 Å². The molecule has 3 rings (SSSR count). The first-order valence-corrected chi connectivity index (χ1v) is 11.9. The van der Waals surface area contributed by atoms with Crippen molar-refractivity contribution < 1.29 is 9.59 Å². The van der Waals surface area contributed by atoms with Gasteiger partial charge >= 0.3 is 0 Å². The summed E-state index contributed by atoms with van der Waals surface area (Å²) in [5.41, 5.74) is 0.797. The third-order valence-corrected chi connectivity index (χ3v) is 6.58. The van der Waals surface area contributed by atoms with E-state index in [9.17, 15) is 9.59 Å². The third kappa shape index (κ3) is 6.29. The van der Waals surface area contributed by atoms with Crippen LogP contribution in [0.5, 0.6) is 0 Å². The Bertz CT molecular complexity index is 1180. The second-order valence-electron chi connectivity index (χ2n) is 6.85. The number of rotatable bonds is 9. The minimum atomic E-state index is -0.463. The van der Waals surface area contributed by atoms with Gasteiger partial charge in [0.15, 0.2) is 11.0 Å². The number of anilines is 1. The summed E-state index contributed by atoms with van der Waals surface area (Å²) in [7, 11) is 0. The van der Waals surface area contributed by atoms with Crippen molar-refractivity contribution in [3.63, 3.8) is 0 Å². The van der Waals surface area contributed by atoms with Gasteiger partial charge in [0, 0.05) is 6.54 Å². The average Bonchev–Trinajstić information content (AvgIpc) is 3.18. The Labute approximate surface area is 210 Å². The van der Waals surface area contributed by atoms with Crippen molar-refractivity contribution in [2.24, 2.45) is 0 Å². The largest absolute Gasteiger partial charge is 0.342 e. The van der Waals surface area contributed by atoms with Gasteiger partial charge in [0.05, 0.1) is 38.1 Å². The highest BCUT2D eigenvalue weighted by Crippen LogP contribution is 2.30. The van der Waals surface area contributed by atoms with Crippen molar-refractivity contribution in [3.8, 4) is 0 Å². The molecule has 0 unspecified atom stereocenters. The van der Waals surface area contributed by atoms with Crippen LogP contribution < -0.4 is 10.6 Å². The zero-order chi connectivity index (χ0) is 24.0. The van der Waals surface area contributed by atoms with Crippen molar-refractivity contribution in [2.45, 2.75) is 24.7 Å². The molecule has 2 amide bonds. The molecule has 7 nitrogen and oxygen atoms in total. The van der Waals surface area contributed by atoms with Crippen molar-refractivity contribution in [1.82, 2.24) is 20.1 Å².